The molecule has 1 aromatic carbocycles. The molecule has 0 aliphatic carbocycles. The topological polar surface area (TPSA) is 26.3 Å². The number of Topliss-reactive ketones (excluding diaryl/α,β-unsaturated/α-hetero) is 1. The first kappa shape index (κ1) is 15.2. The Morgan fingerprint density at radius 1 is 1.33 bits per heavy atom. The normalized spacial score (nSPS) is 11.4. The van der Waals surface area contributed by atoms with E-state index >= 15 is 0 Å². The zero-order valence-corrected chi connectivity index (χ0v) is 13.1. The van der Waals surface area contributed by atoms with Crippen molar-refractivity contribution in [1.82, 2.24) is 0 Å². The molecule has 0 unspecified atom stereocenters. The van der Waals surface area contributed by atoms with Crippen molar-refractivity contribution in [3.63, 3.8) is 0 Å². The third-order valence-corrected chi connectivity index (χ3v) is 3.50. The predicted octanol–water partition coefficient (Wildman–Crippen LogP) is 4.86. The van der Waals surface area contributed by atoms with Gasteiger partial charge in [0.15, 0.2) is 5.78 Å². The maximum Gasteiger partial charge on any atom is 0.164 e. The summed E-state index contributed by atoms with van der Waals surface area (Å²) in [7, 11) is 1.61. The molecule has 18 heavy (non-hydrogen) atoms. The molecule has 1 rings (SSSR count). The average Bonchev–Trinajstić information content (AvgIpc) is 2.27. The van der Waals surface area contributed by atoms with Crippen molar-refractivity contribution in [2.24, 2.45) is 5.41 Å². The molecule has 0 spiro atoms. The molecule has 0 saturated carbocycles. The summed E-state index contributed by atoms with van der Waals surface area (Å²) in [6.07, 6.45) is 2.56. The van der Waals surface area contributed by atoms with Crippen molar-refractivity contribution in [3.8, 4) is 5.75 Å². The molecule has 0 aromatic heterocycles. The van der Waals surface area contributed by atoms with E-state index in [1.807, 2.05) is 12.1 Å². The van der Waals surface area contributed by atoms with Gasteiger partial charge in [-0.15, -0.1) is 0 Å². The van der Waals surface area contributed by atoms with Crippen molar-refractivity contribution < 1.29 is 9.53 Å². The largest absolute Gasteiger partial charge is 0.497 e. The van der Waals surface area contributed by atoms with Gasteiger partial charge < -0.3 is 4.74 Å². The fourth-order valence-electron chi connectivity index (χ4n) is 1.76. The zero-order chi connectivity index (χ0) is 13.8. The molecule has 0 atom stereocenters. The monoisotopic (exact) mass is 312 g/mol. The third-order valence-electron chi connectivity index (χ3n) is 2.80. The maximum absolute atomic E-state index is 12.1. The first-order valence-electron chi connectivity index (χ1n) is 6.20. The molecule has 0 aliphatic rings. The molecular formula is C15H21BrO2. The van der Waals surface area contributed by atoms with Crippen LogP contribution in [0.1, 0.15) is 50.4 Å². The number of rotatable bonds is 5. The van der Waals surface area contributed by atoms with Gasteiger partial charge in [-0.3, -0.25) is 4.79 Å². The van der Waals surface area contributed by atoms with Gasteiger partial charge in [0.1, 0.15) is 5.75 Å². The highest BCUT2D eigenvalue weighted by atomic mass is 79.9. The van der Waals surface area contributed by atoms with E-state index in [0.717, 1.165) is 23.1 Å². The summed E-state index contributed by atoms with van der Waals surface area (Å²) in [5.41, 5.74) is 0.995. The van der Waals surface area contributed by atoms with Crippen LogP contribution in [0.3, 0.4) is 0 Å². The Morgan fingerprint density at radius 2 is 2.00 bits per heavy atom. The van der Waals surface area contributed by atoms with Crippen molar-refractivity contribution in [1.29, 1.82) is 0 Å². The average molecular weight is 313 g/mol. The Morgan fingerprint density at radius 3 is 2.56 bits per heavy atom. The summed E-state index contributed by atoms with van der Waals surface area (Å²) in [6.45, 7) is 6.58. The van der Waals surface area contributed by atoms with Crippen molar-refractivity contribution in [3.05, 3.63) is 28.2 Å². The van der Waals surface area contributed by atoms with Crippen LogP contribution in [0.25, 0.3) is 0 Å². The van der Waals surface area contributed by atoms with Gasteiger partial charge >= 0.3 is 0 Å². The summed E-state index contributed by atoms with van der Waals surface area (Å²) in [6, 6.07) is 5.50. The van der Waals surface area contributed by atoms with Crippen LogP contribution in [0.4, 0.5) is 0 Å². The van der Waals surface area contributed by atoms with Crippen LogP contribution in [0.2, 0.25) is 0 Å². The second-order valence-corrected chi connectivity index (χ2v) is 6.54. The summed E-state index contributed by atoms with van der Waals surface area (Å²) in [4.78, 5) is 12.1. The quantitative estimate of drug-likeness (QED) is 0.726. The molecule has 0 fully saturated rings. The van der Waals surface area contributed by atoms with E-state index in [2.05, 4.69) is 36.7 Å². The smallest absolute Gasteiger partial charge is 0.164 e. The van der Waals surface area contributed by atoms with Gasteiger partial charge in [-0.2, -0.15) is 0 Å². The van der Waals surface area contributed by atoms with E-state index in [0.29, 0.717) is 12.0 Å². The van der Waals surface area contributed by atoms with Crippen molar-refractivity contribution in [2.45, 2.75) is 40.0 Å². The Bertz CT molecular complexity index is 419. The molecule has 0 radical (unpaired) electrons. The highest BCUT2D eigenvalue weighted by molar-refractivity contribution is 9.10. The number of ether oxygens (including phenoxy) is 1. The van der Waals surface area contributed by atoms with Crippen LogP contribution < -0.4 is 4.74 Å². The highest BCUT2D eigenvalue weighted by Gasteiger charge is 2.14. The fraction of sp³-hybridized carbons (Fsp3) is 0.533. The van der Waals surface area contributed by atoms with Crippen molar-refractivity contribution >= 4 is 21.7 Å². The van der Waals surface area contributed by atoms with E-state index in [-0.39, 0.29) is 11.2 Å². The zero-order valence-electron chi connectivity index (χ0n) is 11.5. The fourth-order valence-corrected chi connectivity index (χ4v) is 2.23. The van der Waals surface area contributed by atoms with E-state index in [1.54, 1.807) is 13.2 Å². The first-order chi connectivity index (χ1) is 8.33. The van der Waals surface area contributed by atoms with Crippen LogP contribution in [0, 0.1) is 5.41 Å². The van der Waals surface area contributed by atoms with E-state index < -0.39 is 0 Å². The number of carbonyl (C=O) groups excluding carboxylic acids is 1. The second kappa shape index (κ2) is 6.37. The van der Waals surface area contributed by atoms with Crippen LogP contribution in [-0.4, -0.2) is 12.9 Å². The Kier molecular flexibility index (Phi) is 5.39. The Balaban J connectivity index is 2.66. The summed E-state index contributed by atoms with van der Waals surface area (Å²) < 4.78 is 5.98. The van der Waals surface area contributed by atoms with Gasteiger partial charge in [0, 0.05) is 16.5 Å². The summed E-state index contributed by atoms with van der Waals surface area (Å²) in [5.74, 6) is 0.891. The molecular weight excluding hydrogens is 292 g/mol. The highest BCUT2D eigenvalue weighted by Crippen LogP contribution is 2.26. The lowest BCUT2D eigenvalue weighted by Crippen LogP contribution is -2.07. The molecule has 0 amide bonds. The van der Waals surface area contributed by atoms with Gasteiger partial charge in [0.05, 0.1) is 7.11 Å². The minimum absolute atomic E-state index is 0.171. The molecule has 3 heteroatoms. The number of halogens is 1. The third kappa shape index (κ3) is 4.81. The van der Waals surface area contributed by atoms with E-state index in [1.165, 1.54) is 0 Å². The first-order valence-corrected chi connectivity index (χ1v) is 6.99. The van der Waals surface area contributed by atoms with Gasteiger partial charge in [-0.25, -0.2) is 0 Å². The standard InChI is InChI=1S/C15H21BrO2/c1-15(2,3)9-5-6-14(17)12-10-11(18-4)7-8-13(12)16/h7-8,10H,5-6,9H2,1-4H3. The molecule has 1 aromatic rings. The molecule has 0 heterocycles. The number of hydrogen-bond donors (Lipinski definition) is 0. The molecule has 2 nitrogen and oxygen atoms in total. The molecule has 100 valence electrons. The van der Waals surface area contributed by atoms with Crippen LogP contribution in [0.5, 0.6) is 5.75 Å². The SMILES string of the molecule is COc1ccc(Br)c(C(=O)CCCC(C)(C)C)c1. The minimum Gasteiger partial charge on any atom is -0.497 e. The van der Waals surface area contributed by atoms with Crippen LogP contribution in [-0.2, 0) is 0 Å². The lowest BCUT2D eigenvalue weighted by Gasteiger charge is -2.17. The van der Waals surface area contributed by atoms with Crippen LogP contribution >= 0.6 is 15.9 Å². The van der Waals surface area contributed by atoms with Crippen LogP contribution in [0.15, 0.2) is 22.7 Å². The lowest BCUT2D eigenvalue weighted by atomic mass is 9.89. The van der Waals surface area contributed by atoms with Gasteiger partial charge in [-0.1, -0.05) is 36.7 Å². The summed E-state index contributed by atoms with van der Waals surface area (Å²) in [5, 5.41) is 0. The minimum atomic E-state index is 0.171. The Hall–Kier alpha value is -0.830. The van der Waals surface area contributed by atoms with Gasteiger partial charge in [-0.05, 0) is 36.5 Å². The molecule has 0 bridgehead atoms. The van der Waals surface area contributed by atoms with Crippen molar-refractivity contribution in [2.75, 3.05) is 7.11 Å². The molecule has 0 N–H and O–H groups in total. The number of benzene rings is 1. The number of carbonyl (C=O) groups is 1. The van der Waals surface area contributed by atoms with Gasteiger partial charge in [0.25, 0.3) is 0 Å². The lowest BCUT2D eigenvalue weighted by molar-refractivity contribution is 0.0975. The van der Waals surface area contributed by atoms with Gasteiger partial charge in [0.2, 0.25) is 0 Å². The second-order valence-electron chi connectivity index (χ2n) is 5.68. The molecule has 0 saturated heterocycles. The van der Waals surface area contributed by atoms with E-state index in [9.17, 15) is 4.79 Å². The maximum atomic E-state index is 12.1. The summed E-state index contributed by atoms with van der Waals surface area (Å²) >= 11 is 3.42. The van der Waals surface area contributed by atoms with E-state index in [4.69, 9.17) is 4.74 Å². The Labute approximate surface area is 118 Å². The molecule has 0 aliphatic heterocycles. The predicted molar refractivity (Wildman–Crippen MR) is 78.3 cm³/mol. The number of hydrogen-bond acceptors (Lipinski definition) is 2. The number of ketones is 1. The number of methoxy groups -OCH3 is 1.